The summed E-state index contributed by atoms with van der Waals surface area (Å²) in [5, 5.41) is 7.60. The monoisotopic (exact) mass is 312 g/mol. The summed E-state index contributed by atoms with van der Waals surface area (Å²) in [5.74, 6) is 0. The van der Waals surface area contributed by atoms with Crippen LogP contribution in [-0.2, 0) is 16.6 Å². The summed E-state index contributed by atoms with van der Waals surface area (Å²) in [7, 11) is -3.38. The van der Waals surface area contributed by atoms with Gasteiger partial charge in [-0.05, 0) is 32.1 Å². The third-order valence-electron chi connectivity index (χ3n) is 3.97. The number of hydrogen-bond acceptors (Lipinski definition) is 4. The van der Waals surface area contributed by atoms with Crippen molar-refractivity contribution in [3.05, 3.63) is 12.4 Å². The zero-order valence-electron chi connectivity index (χ0n) is 12.5. The van der Waals surface area contributed by atoms with E-state index >= 15 is 0 Å². The van der Waals surface area contributed by atoms with Gasteiger partial charge in [-0.1, -0.05) is 6.92 Å². The van der Waals surface area contributed by atoms with Crippen LogP contribution in [0, 0.1) is 0 Å². The second-order valence-corrected chi connectivity index (χ2v) is 7.90. The molecule has 0 spiro atoms. The molecule has 1 N–H and O–H groups in total. The largest absolute Gasteiger partial charge is 0.312 e. The Labute approximate surface area is 126 Å². The summed E-state index contributed by atoms with van der Waals surface area (Å²) >= 11 is 0. The molecule has 1 aromatic heterocycles. The van der Waals surface area contributed by atoms with Crippen LogP contribution in [-0.4, -0.2) is 47.7 Å². The summed E-state index contributed by atoms with van der Waals surface area (Å²) in [6, 6.07) is 0.869. The molecule has 0 unspecified atom stereocenters. The van der Waals surface area contributed by atoms with Crippen molar-refractivity contribution in [2.45, 2.75) is 62.6 Å². The minimum absolute atomic E-state index is 0.204. The highest BCUT2D eigenvalue weighted by Crippen LogP contribution is 2.32. The highest BCUT2D eigenvalue weighted by Gasteiger charge is 2.37. The lowest BCUT2D eigenvalue weighted by Crippen LogP contribution is -2.33. The first-order valence-electron chi connectivity index (χ1n) is 7.89. The molecule has 3 rings (SSSR count). The number of nitrogens with one attached hydrogen (secondary N) is 1. The smallest absolute Gasteiger partial charge is 0.246 e. The zero-order chi connectivity index (χ0) is 14.9. The molecule has 2 fully saturated rings. The maximum Gasteiger partial charge on any atom is 0.246 e. The van der Waals surface area contributed by atoms with Gasteiger partial charge in [0.05, 0.1) is 12.7 Å². The van der Waals surface area contributed by atoms with Gasteiger partial charge in [-0.15, -0.1) is 0 Å². The summed E-state index contributed by atoms with van der Waals surface area (Å²) < 4.78 is 28.7. The van der Waals surface area contributed by atoms with Crippen molar-refractivity contribution in [2.75, 3.05) is 13.1 Å². The average molecular weight is 312 g/mol. The third-order valence-corrected chi connectivity index (χ3v) is 5.87. The van der Waals surface area contributed by atoms with Gasteiger partial charge < -0.3 is 5.32 Å². The van der Waals surface area contributed by atoms with Crippen molar-refractivity contribution in [2.24, 2.45) is 0 Å². The Morgan fingerprint density at radius 3 is 2.76 bits per heavy atom. The van der Waals surface area contributed by atoms with Crippen LogP contribution in [0.5, 0.6) is 0 Å². The Morgan fingerprint density at radius 2 is 2.14 bits per heavy atom. The molecule has 2 saturated carbocycles. The van der Waals surface area contributed by atoms with E-state index in [2.05, 4.69) is 10.4 Å². The highest BCUT2D eigenvalue weighted by atomic mass is 32.2. The molecular weight excluding hydrogens is 288 g/mol. The third kappa shape index (κ3) is 3.64. The quantitative estimate of drug-likeness (QED) is 0.744. The van der Waals surface area contributed by atoms with Gasteiger partial charge in [-0.3, -0.25) is 4.68 Å². The standard InChI is InChI=1S/C14H24N4O2S/c1-2-8-18(13-5-6-13)21(19,20)14-10-16-17(11-14)9-7-15-12-3-4-12/h10-13,15H,2-9H2,1H3. The van der Waals surface area contributed by atoms with Crippen LogP contribution in [0.2, 0.25) is 0 Å². The van der Waals surface area contributed by atoms with Gasteiger partial charge in [0.1, 0.15) is 4.90 Å². The lowest BCUT2D eigenvalue weighted by molar-refractivity contribution is 0.403. The van der Waals surface area contributed by atoms with Crippen molar-refractivity contribution >= 4 is 10.0 Å². The maximum absolute atomic E-state index is 12.7. The maximum atomic E-state index is 12.7. The Hall–Kier alpha value is -0.920. The van der Waals surface area contributed by atoms with Crippen LogP contribution >= 0.6 is 0 Å². The molecule has 0 bridgehead atoms. The highest BCUT2D eigenvalue weighted by molar-refractivity contribution is 7.89. The van der Waals surface area contributed by atoms with Gasteiger partial charge in [0.15, 0.2) is 0 Å². The van der Waals surface area contributed by atoms with E-state index in [1.807, 2.05) is 6.92 Å². The summed E-state index contributed by atoms with van der Waals surface area (Å²) in [5.41, 5.74) is 0. The van der Waals surface area contributed by atoms with Gasteiger partial charge in [-0.25, -0.2) is 8.42 Å². The lowest BCUT2D eigenvalue weighted by atomic mass is 10.5. The van der Waals surface area contributed by atoms with Gasteiger partial charge >= 0.3 is 0 Å². The number of aromatic nitrogens is 2. The zero-order valence-corrected chi connectivity index (χ0v) is 13.3. The second kappa shape index (κ2) is 6.06. The number of hydrogen-bond donors (Lipinski definition) is 1. The molecule has 0 atom stereocenters. The molecule has 1 heterocycles. The normalized spacial score (nSPS) is 19.3. The number of nitrogens with zero attached hydrogens (tertiary/aromatic N) is 3. The van der Waals surface area contributed by atoms with E-state index in [9.17, 15) is 8.42 Å². The molecule has 0 saturated heterocycles. The van der Waals surface area contributed by atoms with Gasteiger partial charge in [-0.2, -0.15) is 9.40 Å². The van der Waals surface area contributed by atoms with E-state index in [1.54, 1.807) is 15.2 Å². The minimum atomic E-state index is -3.38. The topological polar surface area (TPSA) is 67.2 Å². The number of sulfonamides is 1. The van der Waals surface area contributed by atoms with Crippen molar-refractivity contribution in [1.29, 1.82) is 0 Å². The molecule has 0 aromatic carbocycles. The molecule has 0 aliphatic heterocycles. The van der Waals surface area contributed by atoms with Crippen LogP contribution in [0.3, 0.4) is 0 Å². The van der Waals surface area contributed by atoms with E-state index in [4.69, 9.17) is 0 Å². The van der Waals surface area contributed by atoms with Crippen LogP contribution in [0.25, 0.3) is 0 Å². The van der Waals surface area contributed by atoms with E-state index in [0.29, 0.717) is 24.0 Å². The molecule has 6 nitrogen and oxygen atoms in total. The Morgan fingerprint density at radius 1 is 1.38 bits per heavy atom. The van der Waals surface area contributed by atoms with E-state index in [-0.39, 0.29) is 6.04 Å². The molecule has 1 aromatic rings. The van der Waals surface area contributed by atoms with Gasteiger partial charge in [0.25, 0.3) is 0 Å². The van der Waals surface area contributed by atoms with E-state index < -0.39 is 10.0 Å². The summed E-state index contributed by atoms with van der Waals surface area (Å²) in [6.07, 6.45) is 8.47. The molecule has 7 heteroatoms. The molecular formula is C14H24N4O2S. The van der Waals surface area contributed by atoms with E-state index in [0.717, 1.165) is 25.8 Å². The van der Waals surface area contributed by atoms with Gasteiger partial charge in [0, 0.05) is 31.4 Å². The Kier molecular flexibility index (Phi) is 4.33. The van der Waals surface area contributed by atoms with Crippen LogP contribution in [0.4, 0.5) is 0 Å². The first-order chi connectivity index (χ1) is 10.1. The lowest BCUT2D eigenvalue weighted by Gasteiger charge is -2.19. The molecule has 118 valence electrons. The van der Waals surface area contributed by atoms with Crippen LogP contribution < -0.4 is 5.32 Å². The van der Waals surface area contributed by atoms with E-state index in [1.165, 1.54) is 19.0 Å². The second-order valence-electron chi connectivity index (χ2n) is 6.01. The Balaban J connectivity index is 1.64. The molecule has 2 aliphatic carbocycles. The summed E-state index contributed by atoms with van der Waals surface area (Å²) in [6.45, 7) is 4.16. The van der Waals surface area contributed by atoms with Crippen molar-refractivity contribution in [3.8, 4) is 0 Å². The predicted molar refractivity (Wildman–Crippen MR) is 80.5 cm³/mol. The minimum Gasteiger partial charge on any atom is -0.312 e. The van der Waals surface area contributed by atoms with Crippen molar-refractivity contribution in [3.63, 3.8) is 0 Å². The predicted octanol–water partition coefficient (Wildman–Crippen LogP) is 1.20. The first-order valence-corrected chi connectivity index (χ1v) is 9.33. The molecule has 0 radical (unpaired) electrons. The average Bonchev–Trinajstić information content (AvgIpc) is 3.36. The van der Waals surface area contributed by atoms with Crippen LogP contribution in [0.1, 0.15) is 39.0 Å². The SMILES string of the molecule is CCCN(C1CC1)S(=O)(=O)c1cnn(CCNC2CC2)c1. The van der Waals surface area contributed by atoms with Crippen LogP contribution in [0.15, 0.2) is 17.3 Å². The molecule has 21 heavy (non-hydrogen) atoms. The first kappa shape index (κ1) is 15.0. The fourth-order valence-electron chi connectivity index (χ4n) is 2.49. The summed E-state index contributed by atoms with van der Waals surface area (Å²) in [4.78, 5) is 0.328. The van der Waals surface area contributed by atoms with Crippen molar-refractivity contribution in [1.82, 2.24) is 19.4 Å². The Bertz CT molecular complexity index is 576. The fraction of sp³-hybridized carbons (Fsp3) is 0.786. The molecule has 2 aliphatic rings. The number of rotatable bonds is 9. The fourth-order valence-corrected chi connectivity index (χ4v) is 4.22. The molecule has 0 amide bonds. The van der Waals surface area contributed by atoms with Crippen molar-refractivity contribution < 1.29 is 8.42 Å². The van der Waals surface area contributed by atoms with Gasteiger partial charge in [0.2, 0.25) is 10.0 Å².